The van der Waals surface area contributed by atoms with Crippen LogP contribution in [0.3, 0.4) is 0 Å². The zero-order chi connectivity index (χ0) is 15.3. The van der Waals surface area contributed by atoms with Gasteiger partial charge in [0.2, 0.25) is 0 Å². The van der Waals surface area contributed by atoms with Gasteiger partial charge in [-0.15, -0.1) is 0 Å². The van der Waals surface area contributed by atoms with Crippen LogP contribution in [0.2, 0.25) is 0 Å². The lowest BCUT2D eigenvalue weighted by Gasteiger charge is -2.12. The number of esters is 1. The molecule has 1 aromatic rings. The van der Waals surface area contributed by atoms with Crippen molar-refractivity contribution in [1.82, 2.24) is 4.72 Å². The molecule has 0 radical (unpaired) electrons. The highest BCUT2D eigenvalue weighted by Crippen LogP contribution is 2.16. The number of amides is 1. The molecule has 7 nitrogen and oxygen atoms in total. The molecule has 0 saturated carbocycles. The second-order valence-corrected chi connectivity index (χ2v) is 5.49. The summed E-state index contributed by atoms with van der Waals surface area (Å²) in [7, 11) is -1.77. The van der Waals surface area contributed by atoms with Gasteiger partial charge in [0.1, 0.15) is 11.0 Å². The largest absolute Gasteiger partial charge is 0.465 e. The Balaban J connectivity index is 3.17. The van der Waals surface area contributed by atoms with Gasteiger partial charge in [-0.1, -0.05) is 12.1 Å². The number of hydrogen-bond donors (Lipinski definition) is 1. The van der Waals surface area contributed by atoms with E-state index in [1.165, 1.54) is 38.3 Å². The Morgan fingerprint density at radius 2 is 1.80 bits per heavy atom. The molecular formula is C12H15NO6S. The topological polar surface area (TPSA) is 98.8 Å². The molecule has 0 saturated heterocycles. The molecule has 0 aliphatic carbocycles. The summed E-state index contributed by atoms with van der Waals surface area (Å²) < 4.78 is 35.3. The predicted molar refractivity (Wildman–Crippen MR) is 69.6 cm³/mol. The van der Waals surface area contributed by atoms with Crippen molar-refractivity contribution in [3.05, 3.63) is 29.8 Å². The number of sulfonamides is 1. The van der Waals surface area contributed by atoms with E-state index in [1.807, 2.05) is 4.72 Å². The first-order valence-corrected chi connectivity index (χ1v) is 7.08. The van der Waals surface area contributed by atoms with Crippen LogP contribution in [0.1, 0.15) is 17.3 Å². The Hall–Kier alpha value is -1.93. The average molecular weight is 301 g/mol. The second-order valence-electron chi connectivity index (χ2n) is 3.84. The van der Waals surface area contributed by atoms with E-state index in [-0.39, 0.29) is 10.5 Å². The quantitative estimate of drug-likeness (QED) is 0.786. The maximum atomic E-state index is 12.1. The van der Waals surface area contributed by atoms with Gasteiger partial charge < -0.3 is 9.47 Å². The lowest BCUT2D eigenvalue weighted by atomic mass is 10.2. The Kier molecular flexibility index (Phi) is 5.23. The lowest BCUT2D eigenvalue weighted by molar-refractivity contribution is -0.128. The van der Waals surface area contributed by atoms with Crippen LogP contribution in [0.25, 0.3) is 0 Å². The molecule has 20 heavy (non-hydrogen) atoms. The minimum Gasteiger partial charge on any atom is -0.465 e. The van der Waals surface area contributed by atoms with E-state index in [0.29, 0.717) is 0 Å². The molecule has 0 fully saturated rings. The van der Waals surface area contributed by atoms with Crippen LogP contribution in [0.5, 0.6) is 0 Å². The first-order valence-electron chi connectivity index (χ1n) is 5.60. The standard InChI is InChI=1S/C12H15NO6S/c1-8(18-2)11(14)13-20(16,17)10-7-5-4-6-9(10)12(15)19-3/h4-8H,1-3H3,(H,13,14). The number of nitrogens with one attached hydrogen (secondary N) is 1. The number of benzene rings is 1. The highest BCUT2D eigenvalue weighted by atomic mass is 32.2. The molecule has 0 spiro atoms. The number of rotatable bonds is 5. The number of ether oxygens (including phenoxy) is 2. The summed E-state index contributed by atoms with van der Waals surface area (Å²) >= 11 is 0. The monoisotopic (exact) mass is 301 g/mol. The van der Waals surface area contributed by atoms with Crippen LogP contribution < -0.4 is 4.72 Å². The third-order valence-corrected chi connectivity index (χ3v) is 3.94. The van der Waals surface area contributed by atoms with Gasteiger partial charge in [-0.25, -0.2) is 17.9 Å². The molecule has 1 rings (SSSR count). The zero-order valence-corrected chi connectivity index (χ0v) is 12.1. The van der Waals surface area contributed by atoms with Crippen molar-refractivity contribution in [2.75, 3.05) is 14.2 Å². The molecule has 0 aromatic heterocycles. The highest BCUT2D eigenvalue weighted by molar-refractivity contribution is 7.90. The molecule has 8 heteroatoms. The van der Waals surface area contributed by atoms with Crippen molar-refractivity contribution < 1.29 is 27.5 Å². The molecule has 1 unspecified atom stereocenters. The minimum atomic E-state index is -4.18. The SMILES string of the molecule is COC(=O)c1ccccc1S(=O)(=O)NC(=O)C(C)OC. The third-order valence-electron chi connectivity index (χ3n) is 2.54. The number of carbonyl (C=O) groups is 2. The molecule has 1 amide bonds. The fourth-order valence-electron chi connectivity index (χ4n) is 1.36. The molecule has 1 N–H and O–H groups in total. The first kappa shape index (κ1) is 16.1. The van der Waals surface area contributed by atoms with E-state index in [0.717, 1.165) is 7.11 Å². The summed E-state index contributed by atoms with van der Waals surface area (Å²) in [5.41, 5.74) is -0.152. The van der Waals surface area contributed by atoms with Gasteiger partial charge >= 0.3 is 5.97 Å². The molecule has 1 atom stereocenters. The van der Waals surface area contributed by atoms with Gasteiger partial charge in [-0.3, -0.25) is 4.79 Å². The lowest BCUT2D eigenvalue weighted by Crippen LogP contribution is -2.38. The number of carbonyl (C=O) groups excluding carboxylic acids is 2. The maximum Gasteiger partial charge on any atom is 0.339 e. The van der Waals surface area contributed by atoms with Crippen LogP contribution in [0, 0.1) is 0 Å². The fraction of sp³-hybridized carbons (Fsp3) is 0.333. The highest BCUT2D eigenvalue weighted by Gasteiger charge is 2.26. The Morgan fingerprint density at radius 3 is 2.35 bits per heavy atom. The predicted octanol–water partition coefficient (Wildman–Crippen LogP) is 0.313. The van der Waals surface area contributed by atoms with Crippen molar-refractivity contribution in [2.24, 2.45) is 0 Å². The van der Waals surface area contributed by atoms with Crippen LogP contribution in [-0.4, -0.2) is 40.6 Å². The summed E-state index contributed by atoms with van der Waals surface area (Å²) in [6, 6.07) is 5.43. The van der Waals surface area contributed by atoms with Crippen LogP contribution in [0.4, 0.5) is 0 Å². The van der Waals surface area contributed by atoms with Gasteiger partial charge in [0.05, 0.1) is 12.7 Å². The van der Waals surface area contributed by atoms with Gasteiger partial charge in [0, 0.05) is 7.11 Å². The average Bonchev–Trinajstić information content (AvgIpc) is 2.44. The molecule has 110 valence electrons. The molecule has 0 bridgehead atoms. The minimum absolute atomic E-state index is 0.152. The third kappa shape index (κ3) is 3.55. The normalized spacial score (nSPS) is 12.6. The van der Waals surface area contributed by atoms with E-state index in [9.17, 15) is 18.0 Å². The van der Waals surface area contributed by atoms with Gasteiger partial charge in [-0.05, 0) is 19.1 Å². The van der Waals surface area contributed by atoms with E-state index in [4.69, 9.17) is 4.74 Å². The van der Waals surface area contributed by atoms with Crippen molar-refractivity contribution in [3.8, 4) is 0 Å². The van der Waals surface area contributed by atoms with Crippen LogP contribution >= 0.6 is 0 Å². The summed E-state index contributed by atoms with van der Waals surface area (Å²) in [5.74, 6) is -1.63. The van der Waals surface area contributed by atoms with E-state index in [1.54, 1.807) is 0 Å². The summed E-state index contributed by atoms with van der Waals surface area (Å²) in [5, 5.41) is 0. The Bertz CT molecular complexity index is 610. The number of methoxy groups -OCH3 is 2. The fourth-order valence-corrected chi connectivity index (χ4v) is 2.60. The van der Waals surface area contributed by atoms with Crippen molar-refractivity contribution >= 4 is 21.9 Å². The summed E-state index contributed by atoms with van der Waals surface area (Å²) in [6.45, 7) is 1.40. The van der Waals surface area contributed by atoms with E-state index < -0.39 is 28.0 Å². The van der Waals surface area contributed by atoms with Crippen LogP contribution in [0.15, 0.2) is 29.2 Å². The van der Waals surface area contributed by atoms with E-state index >= 15 is 0 Å². The first-order chi connectivity index (χ1) is 9.33. The van der Waals surface area contributed by atoms with E-state index in [2.05, 4.69) is 4.74 Å². The second kappa shape index (κ2) is 6.49. The van der Waals surface area contributed by atoms with Crippen molar-refractivity contribution in [2.45, 2.75) is 17.9 Å². The molecule has 0 aliphatic heterocycles. The van der Waals surface area contributed by atoms with Gasteiger partial charge in [0.25, 0.3) is 15.9 Å². The van der Waals surface area contributed by atoms with Gasteiger partial charge in [0.15, 0.2) is 0 Å². The van der Waals surface area contributed by atoms with Gasteiger partial charge in [-0.2, -0.15) is 0 Å². The van der Waals surface area contributed by atoms with Crippen molar-refractivity contribution in [1.29, 1.82) is 0 Å². The zero-order valence-electron chi connectivity index (χ0n) is 11.2. The molecule has 0 aliphatic rings. The summed E-state index contributed by atoms with van der Waals surface area (Å²) in [6.07, 6.45) is -0.935. The molecular weight excluding hydrogens is 286 g/mol. The smallest absolute Gasteiger partial charge is 0.339 e. The maximum absolute atomic E-state index is 12.1. The molecule has 1 aromatic carbocycles. The number of hydrogen-bond acceptors (Lipinski definition) is 6. The Labute approximate surface area is 116 Å². The Morgan fingerprint density at radius 1 is 1.20 bits per heavy atom. The summed E-state index contributed by atoms with van der Waals surface area (Å²) in [4.78, 5) is 22.8. The molecule has 0 heterocycles. The van der Waals surface area contributed by atoms with Crippen molar-refractivity contribution in [3.63, 3.8) is 0 Å². The van der Waals surface area contributed by atoms with Crippen LogP contribution in [-0.2, 0) is 24.3 Å².